The molecular weight excluding hydrogens is 98.1 g/mol. The van der Waals surface area contributed by atoms with Gasteiger partial charge in [-0.2, -0.15) is 0 Å². The molecule has 0 radical (unpaired) electrons. The van der Waals surface area contributed by atoms with Gasteiger partial charge in [-0.05, 0) is 0 Å². The van der Waals surface area contributed by atoms with Crippen LogP contribution in [0.5, 0.6) is 0 Å². The highest BCUT2D eigenvalue weighted by atomic mass is 14.7. The van der Waals surface area contributed by atoms with Crippen LogP contribution in [0.2, 0.25) is 0 Å². The zero-order chi connectivity index (χ0) is 5.82. The van der Waals surface area contributed by atoms with Crippen molar-refractivity contribution in [3.63, 3.8) is 0 Å². The first kappa shape index (κ1) is 5.50. The van der Waals surface area contributed by atoms with E-state index >= 15 is 0 Å². The van der Waals surface area contributed by atoms with E-state index in [0.29, 0.717) is 6.04 Å². The van der Waals surface area contributed by atoms with E-state index in [1.54, 1.807) is 0 Å². The van der Waals surface area contributed by atoms with Crippen molar-refractivity contribution in [3.05, 3.63) is 17.8 Å². The van der Waals surface area contributed by atoms with E-state index in [-0.39, 0.29) is 0 Å². The predicted octanol–water partition coefficient (Wildman–Crippen LogP) is 2.05. The lowest BCUT2D eigenvalue weighted by molar-refractivity contribution is 0.559. The summed E-state index contributed by atoms with van der Waals surface area (Å²) in [6.07, 6.45) is 6.80. The summed E-state index contributed by atoms with van der Waals surface area (Å²) in [6, 6.07) is 0.347. The van der Waals surface area contributed by atoms with E-state index in [1.165, 1.54) is 0 Å². The Hall–Kier alpha value is -0.640. The third-order valence-electron chi connectivity index (χ3n) is 1.59. The van der Waals surface area contributed by atoms with Gasteiger partial charge in [0.25, 0.3) is 0 Å². The topological polar surface area (TPSA) is 4.36 Å². The second kappa shape index (κ2) is 2.61. The van der Waals surface area contributed by atoms with Gasteiger partial charge in [-0.1, -0.05) is 0 Å². The number of nitrogens with zero attached hydrogens (tertiary/aromatic N) is 1. The molecule has 0 atom stereocenters. The predicted molar refractivity (Wildman–Crippen MR) is 33.2 cm³/mol. The largest absolute Gasteiger partial charge is 0.313 e. The Bertz CT molecular complexity index is 95.4. The normalized spacial score (nSPS) is 21.4. The summed E-state index contributed by atoms with van der Waals surface area (Å²) in [4.78, 5) is 3.48. The molecule has 0 spiro atoms. The van der Waals surface area contributed by atoms with Crippen molar-refractivity contribution < 1.29 is 0 Å². The Kier molecular flexibility index (Phi) is 1.80. The van der Waals surface area contributed by atoms with Crippen molar-refractivity contribution in [1.82, 2.24) is 0 Å². The molecular formula is C7H10N+. The number of rotatable bonds is 0. The van der Waals surface area contributed by atoms with Gasteiger partial charge in [-0.15, -0.1) is 0 Å². The number of hydrogen-bond acceptors (Lipinski definition) is 0. The molecule has 0 saturated heterocycles. The Morgan fingerprint density at radius 2 is 2.00 bits per heavy atom. The highest BCUT2D eigenvalue weighted by molar-refractivity contribution is 4.87. The zero-order valence-electron chi connectivity index (χ0n) is 4.93. The van der Waals surface area contributed by atoms with Gasteiger partial charge in [0.1, 0.15) is 0 Å². The van der Waals surface area contributed by atoms with Gasteiger partial charge in [0.15, 0.2) is 0 Å². The summed E-state index contributed by atoms with van der Waals surface area (Å²) in [7, 11) is 0. The zero-order valence-corrected chi connectivity index (χ0v) is 4.93. The smallest absolute Gasteiger partial charge is 0.231 e. The molecule has 1 aliphatic carbocycles. The molecule has 1 rings (SSSR count). The maximum absolute atomic E-state index is 6.71. The van der Waals surface area contributed by atoms with Gasteiger partial charge in [-0.3, -0.25) is 0 Å². The van der Waals surface area contributed by atoms with E-state index in [2.05, 4.69) is 11.3 Å². The Labute approximate surface area is 50.5 Å². The second-order valence-corrected chi connectivity index (χ2v) is 2.23. The van der Waals surface area contributed by atoms with E-state index in [4.69, 9.17) is 6.57 Å². The quantitative estimate of drug-likeness (QED) is 0.418. The van der Waals surface area contributed by atoms with Crippen LogP contribution >= 0.6 is 0 Å². The molecule has 42 valence electrons. The van der Waals surface area contributed by atoms with Crippen molar-refractivity contribution in [3.8, 4) is 0 Å². The summed E-state index contributed by atoms with van der Waals surface area (Å²) in [5.41, 5.74) is 0. The molecule has 1 fully saturated rings. The molecule has 1 saturated carbocycles. The summed E-state index contributed by atoms with van der Waals surface area (Å²) in [5.74, 6) is 0. The standard InChI is InChI=1S/C7H10N/c1-8-7-5-3-2-4-6-7/h2,7H,3-6H2/q+1. The molecule has 0 aliphatic heterocycles. The van der Waals surface area contributed by atoms with Crippen molar-refractivity contribution in [2.24, 2.45) is 0 Å². The molecule has 0 unspecified atom stereocenters. The first-order valence-corrected chi connectivity index (χ1v) is 3.11. The third kappa shape index (κ3) is 1.16. The van der Waals surface area contributed by atoms with Crippen molar-refractivity contribution in [2.45, 2.75) is 31.7 Å². The van der Waals surface area contributed by atoms with Crippen molar-refractivity contribution >= 4 is 0 Å². The van der Waals surface area contributed by atoms with Crippen LogP contribution in [-0.2, 0) is 0 Å². The van der Waals surface area contributed by atoms with Gasteiger partial charge in [0.05, 0.1) is 32.1 Å². The number of hydrogen-bond donors (Lipinski definition) is 0. The summed E-state index contributed by atoms with van der Waals surface area (Å²) >= 11 is 0. The second-order valence-electron chi connectivity index (χ2n) is 2.23. The molecule has 1 aliphatic rings. The molecule has 8 heavy (non-hydrogen) atoms. The van der Waals surface area contributed by atoms with Crippen LogP contribution in [0.1, 0.15) is 25.7 Å². The monoisotopic (exact) mass is 108 g/mol. The van der Waals surface area contributed by atoms with E-state index in [9.17, 15) is 0 Å². The van der Waals surface area contributed by atoms with Crippen LogP contribution in [0, 0.1) is 13.0 Å². The van der Waals surface area contributed by atoms with Crippen molar-refractivity contribution in [2.75, 3.05) is 0 Å². The van der Waals surface area contributed by atoms with E-state index < -0.39 is 0 Å². The Morgan fingerprint density at radius 1 is 1.38 bits per heavy atom. The molecule has 0 N–H and O–H groups in total. The minimum absolute atomic E-state index is 0.347. The lowest BCUT2D eigenvalue weighted by Crippen LogP contribution is -2.06. The fourth-order valence-corrected chi connectivity index (χ4v) is 1.04. The van der Waals surface area contributed by atoms with Crippen LogP contribution in [0.15, 0.2) is 0 Å². The first-order valence-electron chi connectivity index (χ1n) is 3.11. The third-order valence-corrected chi connectivity index (χ3v) is 1.59. The first-order chi connectivity index (χ1) is 3.93. The van der Waals surface area contributed by atoms with E-state index in [1.807, 2.05) is 0 Å². The highest BCUT2D eigenvalue weighted by Gasteiger charge is 2.21. The molecule has 0 aromatic heterocycles. The average molecular weight is 108 g/mol. The maximum Gasteiger partial charge on any atom is 0.231 e. The molecule has 1 nitrogen and oxygen atoms in total. The van der Waals surface area contributed by atoms with E-state index in [0.717, 1.165) is 25.7 Å². The SMILES string of the molecule is [C-]#[N+]C1CC[CH+]CC1. The lowest BCUT2D eigenvalue weighted by Gasteiger charge is -2.03. The highest BCUT2D eigenvalue weighted by Crippen LogP contribution is 2.18. The van der Waals surface area contributed by atoms with Crippen LogP contribution in [0.4, 0.5) is 0 Å². The molecule has 0 aromatic rings. The van der Waals surface area contributed by atoms with Gasteiger partial charge in [0.2, 0.25) is 6.04 Å². The van der Waals surface area contributed by atoms with Gasteiger partial charge < -0.3 is 4.85 Å². The van der Waals surface area contributed by atoms with Gasteiger partial charge in [-0.25, -0.2) is 6.57 Å². The van der Waals surface area contributed by atoms with Gasteiger partial charge in [0, 0.05) is 0 Å². The summed E-state index contributed by atoms with van der Waals surface area (Å²) in [5, 5.41) is 0. The fraction of sp³-hybridized carbons (Fsp3) is 0.714. The van der Waals surface area contributed by atoms with Crippen LogP contribution in [-0.4, -0.2) is 6.04 Å². The molecule has 0 amide bonds. The minimum Gasteiger partial charge on any atom is -0.313 e. The molecule has 0 aromatic carbocycles. The van der Waals surface area contributed by atoms with Gasteiger partial charge >= 0.3 is 0 Å². The van der Waals surface area contributed by atoms with Crippen molar-refractivity contribution in [1.29, 1.82) is 0 Å². The fourth-order valence-electron chi connectivity index (χ4n) is 1.04. The van der Waals surface area contributed by atoms with Crippen LogP contribution in [0.25, 0.3) is 4.85 Å². The lowest BCUT2D eigenvalue weighted by atomic mass is 9.96. The average Bonchev–Trinajstić information content (AvgIpc) is 1.90. The maximum atomic E-state index is 6.71. The minimum atomic E-state index is 0.347. The Balaban J connectivity index is 2.25. The van der Waals surface area contributed by atoms with Crippen LogP contribution in [0.3, 0.4) is 0 Å². The molecule has 1 heteroatoms. The Morgan fingerprint density at radius 3 is 2.38 bits per heavy atom. The molecule has 0 bridgehead atoms. The van der Waals surface area contributed by atoms with Crippen LogP contribution < -0.4 is 0 Å². The summed E-state index contributed by atoms with van der Waals surface area (Å²) < 4.78 is 0. The molecule has 0 heterocycles. The summed E-state index contributed by atoms with van der Waals surface area (Å²) in [6.45, 7) is 6.71.